The van der Waals surface area contributed by atoms with E-state index in [2.05, 4.69) is 15.6 Å². The second kappa shape index (κ2) is 7.26. The van der Waals surface area contributed by atoms with Gasteiger partial charge in [-0.25, -0.2) is 9.78 Å². The van der Waals surface area contributed by atoms with Crippen molar-refractivity contribution in [3.8, 4) is 11.8 Å². The van der Waals surface area contributed by atoms with Crippen molar-refractivity contribution >= 4 is 22.5 Å². The lowest BCUT2D eigenvalue weighted by atomic mass is 10.1. The highest BCUT2D eigenvalue weighted by Gasteiger charge is 2.06. The van der Waals surface area contributed by atoms with Crippen LogP contribution in [0.3, 0.4) is 0 Å². The predicted molar refractivity (Wildman–Crippen MR) is 80.5 cm³/mol. The molecule has 6 nitrogen and oxygen atoms in total. The molecule has 0 atom stereocenters. The smallest absolute Gasteiger partial charge is 0.321 e. The summed E-state index contributed by atoms with van der Waals surface area (Å²) in [6, 6.07) is 9.24. The van der Waals surface area contributed by atoms with Gasteiger partial charge in [0.1, 0.15) is 11.8 Å². The number of methoxy groups -OCH3 is 1. The number of aromatic nitrogens is 1. The molecule has 0 bridgehead atoms. The average molecular weight is 302 g/mol. The van der Waals surface area contributed by atoms with Crippen molar-refractivity contribution in [1.29, 1.82) is 5.26 Å². The molecule has 0 saturated carbocycles. The molecule has 21 heavy (non-hydrogen) atoms. The van der Waals surface area contributed by atoms with Crippen molar-refractivity contribution in [3.63, 3.8) is 0 Å². The Hall–Kier alpha value is -2.59. The molecular formula is C14H14N4O2S. The summed E-state index contributed by atoms with van der Waals surface area (Å²) in [7, 11) is 1.62. The highest BCUT2D eigenvalue weighted by Crippen LogP contribution is 2.17. The first-order chi connectivity index (χ1) is 10.2. The third kappa shape index (κ3) is 4.19. The van der Waals surface area contributed by atoms with Gasteiger partial charge < -0.3 is 10.1 Å². The summed E-state index contributed by atoms with van der Waals surface area (Å²) in [4.78, 5) is 15.6. The minimum Gasteiger partial charge on any atom is -0.496 e. The summed E-state index contributed by atoms with van der Waals surface area (Å²) < 4.78 is 5.25. The molecule has 0 aliphatic carbocycles. The Balaban J connectivity index is 1.80. The van der Waals surface area contributed by atoms with E-state index in [0.29, 0.717) is 23.8 Å². The molecule has 2 aromatic rings. The number of urea groups is 1. The van der Waals surface area contributed by atoms with E-state index >= 15 is 0 Å². The number of carbonyl (C=O) groups is 1. The van der Waals surface area contributed by atoms with Crippen LogP contribution in [0.4, 0.5) is 9.93 Å². The van der Waals surface area contributed by atoms with E-state index in [9.17, 15) is 4.79 Å². The largest absolute Gasteiger partial charge is 0.496 e. The Morgan fingerprint density at radius 3 is 3.00 bits per heavy atom. The monoisotopic (exact) mass is 302 g/mol. The van der Waals surface area contributed by atoms with E-state index in [0.717, 1.165) is 11.3 Å². The number of carbonyl (C=O) groups excluding carboxylic acids is 1. The highest BCUT2D eigenvalue weighted by atomic mass is 32.1. The van der Waals surface area contributed by atoms with Gasteiger partial charge in [-0.1, -0.05) is 18.2 Å². The SMILES string of the molecule is COc1ccccc1CCNC(=O)Nc1nc(C#N)cs1. The standard InChI is InChI=1S/C14H14N4O2S/c1-20-12-5-3-2-4-10(12)6-7-16-13(19)18-14-17-11(8-15)9-21-14/h2-5,9H,6-7H2,1H3,(H2,16,17,18,19). The van der Waals surface area contributed by atoms with Crippen LogP contribution in [-0.2, 0) is 6.42 Å². The summed E-state index contributed by atoms with van der Waals surface area (Å²) in [5, 5.41) is 16.0. The van der Waals surface area contributed by atoms with Gasteiger partial charge in [-0.15, -0.1) is 11.3 Å². The molecule has 2 N–H and O–H groups in total. The van der Waals surface area contributed by atoms with Gasteiger partial charge in [0.05, 0.1) is 7.11 Å². The number of hydrogen-bond acceptors (Lipinski definition) is 5. The van der Waals surface area contributed by atoms with Crippen molar-refractivity contribution in [1.82, 2.24) is 10.3 Å². The third-order valence-electron chi connectivity index (χ3n) is 2.71. The van der Waals surface area contributed by atoms with Crippen LogP contribution in [0.25, 0.3) is 0 Å². The predicted octanol–water partition coefficient (Wildman–Crippen LogP) is 2.39. The summed E-state index contributed by atoms with van der Waals surface area (Å²) in [5.74, 6) is 0.804. The molecular weight excluding hydrogens is 288 g/mol. The minimum absolute atomic E-state index is 0.296. The van der Waals surface area contributed by atoms with Crippen molar-refractivity contribution in [2.24, 2.45) is 0 Å². The summed E-state index contributed by atoms with van der Waals surface area (Å²) >= 11 is 1.21. The summed E-state index contributed by atoms with van der Waals surface area (Å²) in [6.07, 6.45) is 0.665. The summed E-state index contributed by atoms with van der Waals surface area (Å²) in [5.41, 5.74) is 1.32. The molecule has 1 heterocycles. The second-order valence-electron chi connectivity index (χ2n) is 4.09. The zero-order chi connectivity index (χ0) is 15.1. The number of nitrogens with zero attached hydrogens (tertiary/aromatic N) is 2. The zero-order valence-electron chi connectivity index (χ0n) is 11.4. The Bertz CT molecular complexity index is 663. The van der Waals surface area contributed by atoms with E-state index < -0.39 is 0 Å². The number of anilines is 1. The molecule has 108 valence electrons. The Morgan fingerprint density at radius 1 is 1.48 bits per heavy atom. The first-order valence-electron chi connectivity index (χ1n) is 6.25. The van der Waals surface area contributed by atoms with Crippen LogP contribution < -0.4 is 15.4 Å². The number of rotatable bonds is 5. The molecule has 0 aliphatic heterocycles. The fourth-order valence-electron chi connectivity index (χ4n) is 1.74. The quantitative estimate of drug-likeness (QED) is 0.887. The number of hydrogen-bond donors (Lipinski definition) is 2. The fraction of sp³-hybridized carbons (Fsp3) is 0.214. The molecule has 0 fully saturated rings. The number of benzene rings is 1. The van der Waals surface area contributed by atoms with E-state index in [4.69, 9.17) is 10.00 Å². The van der Waals surface area contributed by atoms with Gasteiger partial charge in [-0.3, -0.25) is 5.32 Å². The number of thiazole rings is 1. The molecule has 1 aromatic carbocycles. The first kappa shape index (κ1) is 14.8. The minimum atomic E-state index is -0.344. The second-order valence-corrected chi connectivity index (χ2v) is 4.95. The van der Waals surface area contributed by atoms with E-state index in [1.165, 1.54) is 11.3 Å². The number of amides is 2. The molecule has 1 aromatic heterocycles. The molecule has 2 rings (SSSR count). The van der Waals surface area contributed by atoms with Crippen LogP contribution in [0.2, 0.25) is 0 Å². The van der Waals surface area contributed by atoms with Crippen molar-refractivity contribution in [2.75, 3.05) is 19.0 Å². The Kier molecular flexibility index (Phi) is 5.12. The van der Waals surface area contributed by atoms with E-state index in [-0.39, 0.29) is 6.03 Å². The van der Waals surface area contributed by atoms with E-state index in [1.54, 1.807) is 12.5 Å². The van der Waals surface area contributed by atoms with Crippen molar-refractivity contribution < 1.29 is 9.53 Å². The van der Waals surface area contributed by atoms with Crippen molar-refractivity contribution in [3.05, 3.63) is 40.9 Å². The number of ether oxygens (including phenoxy) is 1. The maximum absolute atomic E-state index is 11.7. The number of nitriles is 1. The Labute approximate surface area is 126 Å². The number of nitrogens with one attached hydrogen (secondary N) is 2. The molecule has 0 aliphatic rings. The van der Waals surface area contributed by atoms with Crippen LogP contribution in [0.1, 0.15) is 11.3 Å². The molecule has 0 radical (unpaired) electrons. The molecule has 0 saturated heterocycles. The third-order valence-corrected chi connectivity index (χ3v) is 3.47. The lowest BCUT2D eigenvalue weighted by molar-refractivity contribution is 0.252. The topological polar surface area (TPSA) is 87.0 Å². The zero-order valence-corrected chi connectivity index (χ0v) is 12.2. The molecule has 2 amide bonds. The van der Waals surface area contributed by atoms with Crippen LogP contribution in [0, 0.1) is 11.3 Å². The van der Waals surface area contributed by atoms with Crippen LogP contribution in [0.15, 0.2) is 29.6 Å². The molecule has 7 heteroatoms. The highest BCUT2D eigenvalue weighted by molar-refractivity contribution is 7.14. The van der Waals surface area contributed by atoms with Crippen LogP contribution >= 0.6 is 11.3 Å². The van der Waals surface area contributed by atoms with Gasteiger partial charge in [-0.05, 0) is 18.1 Å². The van der Waals surface area contributed by atoms with Gasteiger partial charge in [0.2, 0.25) is 0 Å². The van der Waals surface area contributed by atoms with Crippen molar-refractivity contribution in [2.45, 2.75) is 6.42 Å². The fourth-order valence-corrected chi connectivity index (χ4v) is 2.38. The summed E-state index contributed by atoms with van der Waals surface area (Å²) in [6.45, 7) is 0.475. The molecule has 0 spiro atoms. The number of para-hydroxylation sites is 1. The normalized spacial score (nSPS) is 9.71. The average Bonchev–Trinajstić information content (AvgIpc) is 2.95. The first-order valence-corrected chi connectivity index (χ1v) is 7.13. The van der Waals surface area contributed by atoms with Crippen LogP contribution in [0.5, 0.6) is 5.75 Å². The molecule has 0 unspecified atom stereocenters. The van der Waals surface area contributed by atoms with Gasteiger partial charge >= 0.3 is 6.03 Å². The maximum Gasteiger partial charge on any atom is 0.321 e. The lowest BCUT2D eigenvalue weighted by Gasteiger charge is -2.09. The lowest BCUT2D eigenvalue weighted by Crippen LogP contribution is -2.30. The Morgan fingerprint density at radius 2 is 2.29 bits per heavy atom. The van der Waals surface area contributed by atoms with Gasteiger partial charge in [0.25, 0.3) is 0 Å². The van der Waals surface area contributed by atoms with Gasteiger partial charge in [0, 0.05) is 11.9 Å². The maximum atomic E-state index is 11.7. The van der Waals surface area contributed by atoms with E-state index in [1.807, 2.05) is 30.3 Å². The van der Waals surface area contributed by atoms with Gasteiger partial charge in [-0.2, -0.15) is 5.26 Å². The van der Waals surface area contributed by atoms with Gasteiger partial charge in [0.15, 0.2) is 10.8 Å². The van der Waals surface area contributed by atoms with Crippen LogP contribution in [-0.4, -0.2) is 24.7 Å².